The summed E-state index contributed by atoms with van der Waals surface area (Å²) in [7, 11) is -2.27. The molecular formula is C35H44N2S2. The highest BCUT2D eigenvalue weighted by atomic mass is 32.3. The topological polar surface area (TPSA) is 6.48 Å². The normalized spacial score (nSPS) is 23.9. The van der Waals surface area contributed by atoms with E-state index in [9.17, 15) is 0 Å². The van der Waals surface area contributed by atoms with Gasteiger partial charge in [0.2, 0.25) is 0 Å². The van der Waals surface area contributed by atoms with Gasteiger partial charge in [0, 0.05) is 29.3 Å². The number of anilines is 2. The fourth-order valence-electron chi connectivity index (χ4n) is 6.98. The van der Waals surface area contributed by atoms with Crippen LogP contribution in [0.25, 0.3) is 11.1 Å². The molecule has 0 atom stereocenters. The molecule has 206 valence electrons. The Bertz CT molecular complexity index is 1370. The molecule has 3 aromatic rings. The van der Waals surface area contributed by atoms with Crippen LogP contribution in [0.15, 0.2) is 92.6 Å². The monoisotopic (exact) mass is 556 g/mol. The van der Waals surface area contributed by atoms with E-state index in [1.807, 2.05) is 0 Å². The number of hydrogen-bond acceptors (Lipinski definition) is 2. The molecule has 39 heavy (non-hydrogen) atoms. The lowest BCUT2D eigenvalue weighted by atomic mass is 10.1. The van der Waals surface area contributed by atoms with Gasteiger partial charge in [-0.05, 0) is 84.4 Å². The quantitative estimate of drug-likeness (QED) is 0.298. The highest BCUT2D eigenvalue weighted by Gasteiger charge is 2.44. The van der Waals surface area contributed by atoms with Crippen LogP contribution in [-0.4, -0.2) is 38.1 Å². The Morgan fingerprint density at radius 1 is 0.564 bits per heavy atom. The molecule has 0 saturated heterocycles. The minimum Gasteiger partial charge on any atom is -0.336 e. The SMILES string of the molecule is CCCCN1C(=C2CC(=C3N(CCCC)c4ccccc4S3(C)C)c3ccccc32)S(C)(C)c2ccccc21. The minimum atomic E-state index is -1.13. The summed E-state index contributed by atoms with van der Waals surface area (Å²) in [6.45, 7) is 6.82. The van der Waals surface area contributed by atoms with Gasteiger partial charge < -0.3 is 9.80 Å². The van der Waals surface area contributed by atoms with Crippen molar-refractivity contribution in [1.82, 2.24) is 0 Å². The third-order valence-corrected chi connectivity index (χ3v) is 14.5. The van der Waals surface area contributed by atoms with Crippen LogP contribution in [0.4, 0.5) is 11.4 Å². The Kier molecular flexibility index (Phi) is 6.92. The molecular weight excluding hydrogens is 513 g/mol. The van der Waals surface area contributed by atoms with Gasteiger partial charge in [-0.15, -0.1) is 0 Å². The third kappa shape index (κ3) is 4.09. The number of para-hydroxylation sites is 2. The van der Waals surface area contributed by atoms with Gasteiger partial charge >= 0.3 is 0 Å². The van der Waals surface area contributed by atoms with Gasteiger partial charge in [-0.25, -0.2) is 0 Å². The molecule has 1 aliphatic carbocycles. The number of fused-ring (bicyclic) bond motifs is 3. The molecule has 0 radical (unpaired) electrons. The van der Waals surface area contributed by atoms with Crippen LogP contribution in [0, 0.1) is 0 Å². The van der Waals surface area contributed by atoms with Gasteiger partial charge in [-0.1, -0.05) is 75.2 Å². The Morgan fingerprint density at radius 2 is 0.949 bits per heavy atom. The maximum atomic E-state index is 2.71. The van der Waals surface area contributed by atoms with Crippen molar-refractivity contribution in [3.63, 3.8) is 0 Å². The van der Waals surface area contributed by atoms with Gasteiger partial charge in [0.15, 0.2) is 0 Å². The van der Waals surface area contributed by atoms with Crippen LogP contribution in [0.3, 0.4) is 0 Å². The second-order valence-corrected chi connectivity index (χ2v) is 18.8. The summed E-state index contributed by atoms with van der Waals surface area (Å²) in [4.78, 5) is 8.52. The first kappa shape index (κ1) is 26.7. The fraction of sp³-hybridized carbons (Fsp3) is 0.371. The van der Waals surface area contributed by atoms with Crippen LogP contribution in [0.5, 0.6) is 0 Å². The fourth-order valence-corrected chi connectivity index (χ4v) is 12.7. The lowest BCUT2D eigenvalue weighted by Crippen LogP contribution is -2.22. The van der Waals surface area contributed by atoms with E-state index in [1.165, 1.54) is 48.2 Å². The van der Waals surface area contributed by atoms with E-state index in [2.05, 4.69) is 121 Å². The van der Waals surface area contributed by atoms with Crippen molar-refractivity contribution >= 4 is 42.6 Å². The van der Waals surface area contributed by atoms with E-state index >= 15 is 0 Å². The largest absolute Gasteiger partial charge is 0.336 e. The van der Waals surface area contributed by atoms with Crippen molar-refractivity contribution < 1.29 is 0 Å². The summed E-state index contributed by atoms with van der Waals surface area (Å²) >= 11 is 0. The molecule has 0 N–H and O–H groups in total. The van der Waals surface area contributed by atoms with Crippen molar-refractivity contribution in [2.75, 3.05) is 47.9 Å². The first-order chi connectivity index (χ1) is 18.8. The summed E-state index contributed by atoms with van der Waals surface area (Å²) in [5.41, 5.74) is 8.95. The molecule has 0 fully saturated rings. The van der Waals surface area contributed by atoms with Crippen molar-refractivity contribution in [3.8, 4) is 0 Å². The molecule has 2 heterocycles. The van der Waals surface area contributed by atoms with E-state index in [-0.39, 0.29) is 0 Å². The van der Waals surface area contributed by atoms with Crippen molar-refractivity contribution in [3.05, 3.63) is 94.0 Å². The molecule has 0 aromatic heterocycles. The average molecular weight is 557 g/mol. The number of nitrogens with zero attached hydrogens (tertiary/aromatic N) is 2. The highest BCUT2D eigenvalue weighted by Crippen LogP contribution is 2.72. The Balaban J connectivity index is 1.60. The molecule has 0 bridgehead atoms. The van der Waals surface area contributed by atoms with Gasteiger partial charge in [0.25, 0.3) is 0 Å². The standard InChI is InChI=1S/C35H44N2S2/c1-7-9-23-36-30-19-13-15-21-32(30)38(3,4)34(36)28-25-29(27-18-12-11-17-26(27)28)35-37(24-10-8-2)31-20-14-16-22-33(31)39(35,5)6/h11-22H,7-10,23-25H2,1-6H3. The summed E-state index contributed by atoms with van der Waals surface area (Å²) in [6.07, 6.45) is 16.0. The zero-order chi connectivity index (χ0) is 27.4. The van der Waals surface area contributed by atoms with Crippen LogP contribution in [0.2, 0.25) is 0 Å². The lowest BCUT2D eigenvalue weighted by Gasteiger charge is -2.34. The van der Waals surface area contributed by atoms with Crippen molar-refractivity contribution in [1.29, 1.82) is 0 Å². The summed E-state index contributed by atoms with van der Waals surface area (Å²) in [6, 6.07) is 27.8. The molecule has 0 amide bonds. The molecule has 0 unspecified atom stereocenters. The average Bonchev–Trinajstić information content (AvgIpc) is 3.49. The van der Waals surface area contributed by atoms with Gasteiger partial charge in [0.05, 0.1) is 21.4 Å². The van der Waals surface area contributed by atoms with E-state index in [4.69, 9.17) is 0 Å². The number of unbranched alkanes of at least 4 members (excludes halogenated alkanes) is 2. The van der Waals surface area contributed by atoms with Crippen LogP contribution in [-0.2, 0) is 0 Å². The van der Waals surface area contributed by atoms with E-state index < -0.39 is 20.1 Å². The molecule has 0 spiro atoms. The number of benzene rings is 3. The predicted octanol–water partition coefficient (Wildman–Crippen LogP) is 9.91. The molecule has 3 aliphatic rings. The van der Waals surface area contributed by atoms with Crippen molar-refractivity contribution in [2.24, 2.45) is 0 Å². The van der Waals surface area contributed by atoms with Crippen LogP contribution < -0.4 is 9.80 Å². The maximum absolute atomic E-state index is 2.71. The lowest BCUT2D eigenvalue weighted by molar-refractivity contribution is 0.778. The molecule has 6 rings (SSSR count). The predicted molar refractivity (Wildman–Crippen MR) is 178 cm³/mol. The second-order valence-electron chi connectivity index (χ2n) is 11.9. The van der Waals surface area contributed by atoms with Crippen molar-refractivity contribution in [2.45, 2.75) is 55.7 Å². The Hall–Kier alpha value is -2.56. The van der Waals surface area contributed by atoms with E-state index in [1.54, 1.807) is 31.0 Å². The molecule has 4 heteroatoms. The second kappa shape index (κ2) is 10.1. The number of allylic oxidation sites excluding steroid dienone is 2. The van der Waals surface area contributed by atoms with Gasteiger partial charge in [0.1, 0.15) is 0 Å². The molecule has 3 aromatic carbocycles. The first-order valence-electron chi connectivity index (χ1n) is 14.6. The Morgan fingerprint density at radius 3 is 1.36 bits per heavy atom. The molecule has 0 saturated carbocycles. The third-order valence-electron chi connectivity index (χ3n) is 8.79. The summed E-state index contributed by atoms with van der Waals surface area (Å²) in [5, 5.41) is 3.20. The summed E-state index contributed by atoms with van der Waals surface area (Å²) in [5.74, 6) is 0. The zero-order valence-electron chi connectivity index (χ0n) is 24.6. The van der Waals surface area contributed by atoms with E-state index in [0.717, 1.165) is 19.5 Å². The molecule has 2 nitrogen and oxygen atoms in total. The van der Waals surface area contributed by atoms with Gasteiger partial charge in [-0.3, -0.25) is 0 Å². The van der Waals surface area contributed by atoms with Crippen LogP contribution >= 0.6 is 20.1 Å². The smallest absolute Gasteiger partial charge is 0.0658 e. The number of rotatable bonds is 6. The summed E-state index contributed by atoms with van der Waals surface area (Å²) < 4.78 is 0. The Labute approximate surface area is 239 Å². The molecule has 2 aliphatic heterocycles. The maximum Gasteiger partial charge on any atom is 0.0658 e. The van der Waals surface area contributed by atoms with E-state index in [0.29, 0.717) is 0 Å². The van der Waals surface area contributed by atoms with Gasteiger partial charge in [-0.2, -0.15) is 20.1 Å². The first-order valence-corrected chi connectivity index (χ1v) is 19.5. The number of hydrogen-bond donors (Lipinski definition) is 0. The van der Waals surface area contributed by atoms with Crippen LogP contribution in [0.1, 0.15) is 57.1 Å². The highest BCUT2D eigenvalue weighted by molar-refractivity contribution is 8.36. The zero-order valence-corrected chi connectivity index (χ0v) is 26.2. The minimum absolute atomic E-state index is 1.03.